The Bertz CT molecular complexity index is 1400. The highest BCUT2D eigenvalue weighted by atomic mass is 16.5. The quantitative estimate of drug-likeness (QED) is 0.490. The Hall–Kier alpha value is -2.81. The van der Waals surface area contributed by atoms with Crippen molar-refractivity contribution in [1.29, 1.82) is 0 Å². The lowest BCUT2D eigenvalue weighted by atomic mass is 9.82. The number of allylic oxidation sites excluding steroid dienone is 4. The van der Waals surface area contributed by atoms with Gasteiger partial charge in [-0.3, -0.25) is 0 Å². The van der Waals surface area contributed by atoms with Gasteiger partial charge in [0, 0.05) is 53.5 Å². The molecule has 5 aliphatic rings. The van der Waals surface area contributed by atoms with Crippen molar-refractivity contribution in [2.24, 2.45) is 0 Å². The van der Waals surface area contributed by atoms with Gasteiger partial charge >= 0.3 is 0 Å². The van der Waals surface area contributed by atoms with Crippen molar-refractivity contribution >= 4 is 11.3 Å². The molecule has 0 N–H and O–H groups in total. The molecule has 5 aliphatic heterocycles. The van der Waals surface area contributed by atoms with Crippen molar-refractivity contribution in [2.45, 2.75) is 65.2 Å². The van der Waals surface area contributed by atoms with Gasteiger partial charge in [-0.05, 0) is 81.2 Å². The molecule has 0 saturated heterocycles. The fraction of sp³-hybridized carbons (Fsp3) is 0.452. The summed E-state index contributed by atoms with van der Waals surface area (Å²) in [6.45, 7) is 9.17. The van der Waals surface area contributed by atoms with E-state index in [2.05, 4.69) is 53.7 Å². The maximum absolute atomic E-state index is 7.08. The smallest absolute Gasteiger partial charge is 0.210 e. The van der Waals surface area contributed by atoms with Gasteiger partial charge in [0.25, 0.3) is 0 Å². The third kappa shape index (κ3) is 2.92. The van der Waals surface area contributed by atoms with Gasteiger partial charge in [-0.15, -0.1) is 0 Å². The minimum Gasteiger partial charge on any atom is -0.455 e. The van der Waals surface area contributed by atoms with Crippen molar-refractivity contribution in [3.63, 3.8) is 0 Å². The summed E-state index contributed by atoms with van der Waals surface area (Å²) in [4.78, 5) is 2.64. The lowest BCUT2D eigenvalue weighted by molar-refractivity contribution is 0.431. The van der Waals surface area contributed by atoms with Crippen LogP contribution in [0, 0.1) is 0 Å². The Kier molecular flexibility index (Phi) is 4.75. The normalized spacial score (nSPS) is 20.5. The predicted octanol–water partition coefficient (Wildman–Crippen LogP) is 4.60. The maximum atomic E-state index is 7.08. The molecule has 0 saturated carbocycles. The molecule has 2 aromatic rings. The number of benzene rings is 2. The molecule has 0 aliphatic carbocycles. The van der Waals surface area contributed by atoms with Gasteiger partial charge in [0.2, 0.25) is 5.36 Å². The van der Waals surface area contributed by atoms with Gasteiger partial charge < -0.3 is 9.64 Å². The van der Waals surface area contributed by atoms with Crippen LogP contribution in [0.3, 0.4) is 0 Å². The summed E-state index contributed by atoms with van der Waals surface area (Å²) in [5.41, 5.74) is 11.6. The molecule has 0 radical (unpaired) electrons. The van der Waals surface area contributed by atoms with Crippen LogP contribution in [0.1, 0.15) is 67.3 Å². The molecule has 0 bridgehead atoms. The van der Waals surface area contributed by atoms with Gasteiger partial charge in [-0.2, -0.15) is 0 Å². The summed E-state index contributed by atoms with van der Waals surface area (Å²) in [5.74, 6) is 2.32. The molecule has 0 spiro atoms. The summed E-state index contributed by atoms with van der Waals surface area (Å²) in [7, 11) is 0. The van der Waals surface area contributed by atoms with Crippen LogP contribution in [0.2, 0.25) is 0 Å². The van der Waals surface area contributed by atoms with E-state index in [4.69, 9.17) is 4.74 Å². The molecule has 7 rings (SSSR count). The number of hydrogen-bond acceptors (Lipinski definition) is 2. The topological polar surface area (TPSA) is 15.5 Å². The van der Waals surface area contributed by atoms with Gasteiger partial charge in [0.1, 0.15) is 24.6 Å². The second kappa shape index (κ2) is 7.86. The second-order valence-corrected chi connectivity index (χ2v) is 10.7. The van der Waals surface area contributed by atoms with Gasteiger partial charge in [0.05, 0.1) is 5.56 Å². The number of aryl methyl sites for hydroxylation is 2. The van der Waals surface area contributed by atoms with E-state index in [0.29, 0.717) is 0 Å². The highest BCUT2D eigenvalue weighted by molar-refractivity contribution is 5.88. The number of fused-ring (bicyclic) bond motifs is 4. The minimum atomic E-state index is 1.13. The van der Waals surface area contributed by atoms with Crippen LogP contribution in [0.4, 0.5) is 5.69 Å². The van der Waals surface area contributed by atoms with E-state index in [1.807, 2.05) is 0 Å². The van der Waals surface area contributed by atoms with Crippen LogP contribution in [-0.4, -0.2) is 26.2 Å². The van der Waals surface area contributed by atoms with Gasteiger partial charge in [-0.25, -0.2) is 4.58 Å². The second-order valence-electron chi connectivity index (χ2n) is 10.7. The van der Waals surface area contributed by atoms with Crippen LogP contribution < -0.4 is 24.8 Å². The maximum Gasteiger partial charge on any atom is 0.210 e. The highest BCUT2D eigenvalue weighted by Gasteiger charge is 2.35. The Morgan fingerprint density at radius 1 is 0.912 bits per heavy atom. The number of anilines is 1. The van der Waals surface area contributed by atoms with E-state index in [1.165, 1.54) is 120 Å². The third-order valence-electron chi connectivity index (χ3n) is 8.62. The van der Waals surface area contributed by atoms with Crippen molar-refractivity contribution < 1.29 is 4.74 Å². The van der Waals surface area contributed by atoms with Crippen LogP contribution in [-0.2, 0) is 25.7 Å². The highest BCUT2D eigenvalue weighted by Crippen LogP contribution is 2.48. The Morgan fingerprint density at radius 3 is 2.53 bits per heavy atom. The van der Waals surface area contributed by atoms with Crippen LogP contribution in [0.25, 0.3) is 5.57 Å². The molecule has 5 heterocycles. The molecule has 174 valence electrons. The number of hydrogen-bond donors (Lipinski definition) is 0. The van der Waals surface area contributed by atoms with E-state index in [1.54, 1.807) is 0 Å². The molecule has 3 heteroatoms. The van der Waals surface area contributed by atoms with Crippen molar-refractivity contribution in [3.05, 3.63) is 74.3 Å². The standard InChI is InChI=1S/C31H35N2O/c1-3-4-9-20(2)27-25-18-21-10-5-14-32-16-7-12-23(28(21)32)30(25)34-31-24-13-8-17-33-15-6-11-22(29(24)33)19-26(27)31/h3-4,9,18-19H,5-8,10-17H2,1-2H3/q+1/b4-3-,20-9+. The summed E-state index contributed by atoms with van der Waals surface area (Å²) < 4.78 is 9.72. The first kappa shape index (κ1) is 20.6. The van der Waals surface area contributed by atoms with E-state index < -0.39 is 0 Å². The first-order valence-electron chi connectivity index (χ1n) is 13.5. The summed E-state index contributed by atoms with van der Waals surface area (Å²) in [6.07, 6.45) is 16.2. The monoisotopic (exact) mass is 451 g/mol. The van der Waals surface area contributed by atoms with E-state index in [0.717, 1.165) is 24.3 Å². The lowest BCUT2D eigenvalue weighted by Gasteiger charge is -2.39. The molecular weight excluding hydrogens is 416 g/mol. The van der Waals surface area contributed by atoms with Crippen molar-refractivity contribution in [3.8, 4) is 11.5 Å². The molecule has 2 aromatic carbocycles. The molecule has 0 fully saturated rings. The first-order chi connectivity index (χ1) is 16.7. The van der Waals surface area contributed by atoms with Crippen LogP contribution >= 0.6 is 0 Å². The third-order valence-corrected chi connectivity index (χ3v) is 8.62. The largest absolute Gasteiger partial charge is 0.455 e. The predicted molar refractivity (Wildman–Crippen MR) is 140 cm³/mol. The average Bonchev–Trinajstić information content (AvgIpc) is 2.87. The fourth-order valence-electron chi connectivity index (χ4n) is 7.26. The Labute approximate surface area is 202 Å². The summed E-state index contributed by atoms with van der Waals surface area (Å²) in [6, 6.07) is 4.99. The molecule has 0 unspecified atom stereocenters. The lowest BCUT2D eigenvalue weighted by Crippen LogP contribution is -2.45. The van der Waals surface area contributed by atoms with Crippen molar-refractivity contribution in [2.75, 3.05) is 31.1 Å². The van der Waals surface area contributed by atoms with Gasteiger partial charge in [0.15, 0.2) is 0 Å². The number of ether oxygens (including phenoxy) is 1. The SMILES string of the molecule is C/C=C\C=C(/C)C1=c2cc3c4c(c2Oc2c1cc1c5c2CCCN5CCC1)CCC[N+]=4CCC3. The molecule has 34 heavy (non-hydrogen) atoms. The zero-order valence-corrected chi connectivity index (χ0v) is 20.7. The molecule has 0 aromatic heterocycles. The van der Waals surface area contributed by atoms with Crippen LogP contribution in [0.15, 0.2) is 35.9 Å². The zero-order valence-electron chi connectivity index (χ0n) is 20.7. The number of nitrogens with zero attached hydrogens (tertiary/aromatic N) is 2. The number of rotatable bonds is 2. The molecule has 3 nitrogen and oxygen atoms in total. The zero-order chi connectivity index (χ0) is 22.8. The van der Waals surface area contributed by atoms with Crippen molar-refractivity contribution in [1.82, 2.24) is 4.58 Å². The molecule has 0 amide bonds. The average molecular weight is 452 g/mol. The van der Waals surface area contributed by atoms with Gasteiger partial charge in [-0.1, -0.05) is 18.2 Å². The van der Waals surface area contributed by atoms with E-state index >= 15 is 0 Å². The molecule has 0 atom stereocenters. The molecular formula is C31H35N2O+. The first-order valence-corrected chi connectivity index (χ1v) is 13.5. The minimum absolute atomic E-state index is 1.13. The Morgan fingerprint density at radius 2 is 1.68 bits per heavy atom. The van der Waals surface area contributed by atoms with E-state index in [-0.39, 0.29) is 0 Å². The summed E-state index contributed by atoms with van der Waals surface area (Å²) in [5, 5.41) is 2.83. The van der Waals surface area contributed by atoms with E-state index in [9.17, 15) is 0 Å². The fourth-order valence-corrected chi connectivity index (χ4v) is 7.26. The Balaban J connectivity index is 1.60. The van der Waals surface area contributed by atoms with Crippen LogP contribution in [0.5, 0.6) is 11.5 Å². The summed E-state index contributed by atoms with van der Waals surface area (Å²) >= 11 is 0.